The van der Waals surface area contributed by atoms with E-state index >= 15 is 0 Å². The molecule has 1 aliphatic heterocycles. The maximum atomic E-state index is 11.2. The maximum Gasteiger partial charge on any atom is 0.221 e. The lowest BCUT2D eigenvalue weighted by Gasteiger charge is -2.39. The molecule has 20 heavy (non-hydrogen) atoms. The van der Waals surface area contributed by atoms with E-state index in [0.717, 1.165) is 43.7 Å². The summed E-state index contributed by atoms with van der Waals surface area (Å²) in [4.78, 5) is 13.6. The van der Waals surface area contributed by atoms with Crippen LogP contribution >= 0.6 is 0 Å². The number of benzene rings is 1. The number of rotatable bonds is 4. The molecule has 0 aliphatic carbocycles. The average Bonchev–Trinajstić information content (AvgIpc) is 2.41. The molecular formula is C16H24N2O2. The van der Waals surface area contributed by atoms with Crippen molar-refractivity contribution in [3.63, 3.8) is 0 Å². The van der Waals surface area contributed by atoms with E-state index in [2.05, 4.69) is 23.2 Å². The Morgan fingerprint density at radius 1 is 1.45 bits per heavy atom. The Morgan fingerprint density at radius 3 is 2.90 bits per heavy atom. The maximum absolute atomic E-state index is 11.2. The van der Waals surface area contributed by atoms with Crippen molar-refractivity contribution in [3.05, 3.63) is 29.8 Å². The van der Waals surface area contributed by atoms with Crippen molar-refractivity contribution in [2.24, 2.45) is 5.41 Å². The highest BCUT2D eigenvalue weighted by molar-refractivity contribution is 5.89. The first-order valence-electron chi connectivity index (χ1n) is 7.21. The highest BCUT2D eigenvalue weighted by atomic mass is 16.3. The van der Waals surface area contributed by atoms with Crippen molar-refractivity contribution >= 4 is 11.6 Å². The second-order valence-corrected chi connectivity index (χ2v) is 6.12. The summed E-state index contributed by atoms with van der Waals surface area (Å²) < 4.78 is 0. The van der Waals surface area contributed by atoms with Crippen molar-refractivity contribution < 1.29 is 9.90 Å². The summed E-state index contributed by atoms with van der Waals surface area (Å²) in [5.41, 5.74) is 2.02. The van der Waals surface area contributed by atoms with E-state index in [9.17, 15) is 9.90 Å². The van der Waals surface area contributed by atoms with Crippen LogP contribution in [0.1, 0.15) is 32.3 Å². The number of nitrogens with one attached hydrogen (secondary N) is 1. The van der Waals surface area contributed by atoms with Crippen LogP contribution in [0.3, 0.4) is 0 Å². The third kappa shape index (κ3) is 3.81. The Hall–Kier alpha value is -1.39. The van der Waals surface area contributed by atoms with Gasteiger partial charge in [-0.05, 0) is 31.0 Å². The quantitative estimate of drug-likeness (QED) is 0.886. The van der Waals surface area contributed by atoms with Gasteiger partial charge in [-0.3, -0.25) is 9.69 Å². The van der Waals surface area contributed by atoms with Crippen LogP contribution in [-0.4, -0.2) is 35.6 Å². The van der Waals surface area contributed by atoms with Crippen molar-refractivity contribution in [1.29, 1.82) is 0 Å². The number of hydrogen-bond acceptors (Lipinski definition) is 3. The molecule has 0 bridgehead atoms. The molecule has 1 unspecified atom stereocenters. The van der Waals surface area contributed by atoms with Crippen molar-refractivity contribution in [2.75, 3.05) is 25.0 Å². The van der Waals surface area contributed by atoms with E-state index in [0.29, 0.717) is 0 Å². The van der Waals surface area contributed by atoms with Gasteiger partial charge < -0.3 is 10.4 Å². The number of likely N-dealkylation sites (tertiary alicyclic amines) is 1. The molecule has 1 aromatic rings. The molecule has 1 aliphatic rings. The van der Waals surface area contributed by atoms with Gasteiger partial charge in [-0.1, -0.05) is 25.1 Å². The van der Waals surface area contributed by atoms with Gasteiger partial charge in [0.05, 0.1) is 0 Å². The second kappa shape index (κ2) is 6.37. The monoisotopic (exact) mass is 276 g/mol. The number of aliphatic hydroxyl groups is 1. The van der Waals surface area contributed by atoms with Crippen LogP contribution in [0.4, 0.5) is 5.69 Å². The second-order valence-electron chi connectivity index (χ2n) is 6.12. The molecule has 0 saturated carbocycles. The molecule has 1 amide bonds. The topological polar surface area (TPSA) is 52.6 Å². The van der Waals surface area contributed by atoms with Gasteiger partial charge in [-0.25, -0.2) is 0 Å². The van der Waals surface area contributed by atoms with Crippen LogP contribution < -0.4 is 5.32 Å². The molecule has 1 heterocycles. The largest absolute Gasteiger partial charge is 0.396 e. The number of carbonyl (C=O) groups excluding carboxylic acids is 1. The minimum absolute atomic E-state index is 0.00119. The standard InChI is InChI=1S/C16H24N2O2/c1-13(20)17-15-7-4-3-6-14(15)10-18-9-5-8-16(2,11-18)12-19/h3-4,6-7,19H,5,8-12H2,1-2H3,(H,17,20). The van der Waals surface area contributed by atoms with E-state index in [-0.39, 0.29) is 17.9 Å². The first kappa shape index (κ1) is 15.0. The van der Waals surface area contributed by atoms with Crippen LogP contribution in [0, 0.1) is 5.41 Å². The van der Waals surface area contributed by atoms with Gasteiger partial charge in [0, 0.05) is 37.7 Å². The van der Waals surface area contributed by atoms with Crippen molar-refractivity contribution in [1.82, 2.24) is 4.90 Å². The molecule has 2 N–H and O–H groups in total. The molecule has 1 saturated heterocycles. The molecule has 4 heteroatoms. The number of carbonyl (C=O) groups is 1. The summed E-state index contributed by atoms with van der Waals surface area (Å²) >= 11 is 0. The molecule has 1 aromatic carbocycles. The fourth-order valence-electron chi connectivity index (χ4n) is 2.90. The minimum atomic E-state index is -0.0451. The number of hydrogen-bond donors (Lipinski definition) is 2. The molecule has 4 nitrogen and oxygen atoms in total. The summed E-state index contributed by atoms with van der Waals surface area (Å²) in [5.74, 6) is -0.0451. The van der Waals surface area contributed by atoms with Gasteiger partial charge in [0.1, 0.15) is 0 Å². The first-order chi connectivity index (χ1) is 9.52. The van der Waals surface area contributed by atoms with Gasteiger partial charge in [-0.2, -0.15) is 0 Å². The minimum Gasteiger partial charge on any atom is -0.396 e. The summed E-state index contributed by atoms with van der Waals surface area (Å²) in [6.45, 7) is 6.66. The predicted molar refractivity (Wildman–Crippen MR) is 80.4 cm³/mol. The van der Waals surface area contributed by atoms with Crippen LogP contribution in [0.5, 0.6) is 0 Å². The number of para-hydroxylation sites is 1. The van der Waals surface area contributed by atoms with E-state index in [1.54, 1.807) is 0 Å². The fraction of sp³-hybridized carbons (Fsp3) is 0.562. The summed E-state index contributed by atoms with van der Waals surface area (Å²) in [7, 11) is 0. The molecule has 2 rings (SSSR count). The summed E-state index contributed by atoms with van der Waals surface area (Å²) in [5, 5.41) is 12.4. The zero-order valence-electron chi connectivity index (χ0n) is 12.4. The third-order valence-corrected chi connectivity index (χ3v) is 3.96. The van der Waals surface area contributed by atoms with Gasteiger partial charge >= 0.3 is 0 Å². The molecule has 0 spiro atoms. The van der Waals surface area contributed by atoms with E-state index < -0.39 is 0 Å². The van der Waals surface area contributed by atoms with E-state index in [1.807, 2.05) is 18.2 Å². The lowest BCUT2D eigenvalue weighted by molar-refractivity contribution is -0.114. The van der Waals surface area contributed by atoms with Crippen LogP contribution in [-0.2, 0) is 11.3 Å². The molecule has 110 valence electrons. The summed E-state index contributed by atoms with van der Waals surface area (Å²) in [6, 6.07) is 7.92. The normalized spacial score (nSPS) is 23.6. The number of amides is 1. The zero-order valence-corrected chi connectivity index (χ0v) is 12.4. The fourth-order valence-corrected chi connectivity index (χ4v) is 2.90. The number of anilines is 1. The van der Waals surface area contributed by atoms with E-state index in [1.165, 1.54) is 6.92 Å². The average molecular weight is 276 g/mol. The Kier molecular flexibility index (Phi) is 4.78. The predicted octanol–water partition coefficient (Wildman–Crippen LogP) is 2.24. The van der Waals surface area contributed by atoms with Gasteiger partial charge in [0.2, 0.25) is 5.91 Å². The van der Waals surface area contributed by atoms with Gasteiger partial charge in [0.25, 0.3) is 0 Å². The number of aliphatic hydroxyl groups excluding tert-OH is 1. The molecule has 1 fully saturated rings. The van der Waals surface area contributed by atoms with Crippen molar-refractivity contribution in [3.8, 4) is 0 Å². The SMILES string of the molecule is CC(=O)Nc1ccccc1CN1CCCC(C)(CO)C1. The Balaban J connectivity index is 2.08. The number of piperidine rings is 1. The first-order valence-corrected chi connectivity index (χ1v) is 7.21. The molecular weight excluding hydrogens is 252 g/mol. The summed E-state index contributed by atoms with van der Waals surface area (Å²) in [6.07, 6.45) is 2.19. The lowest BCUT2D eigenvalue weighted by atomic mass is 9.82. The number of nitrogens with zero attached hydrogens (tertiary/aromatic N) is 1. The Labute approximate surface area is 120 Å². The third-order valence-electron chi connectivity index (χ3n) is 3.96. The van der Waals surface area contributed by atoms with Crippen LogP contribution in [0.15, 0.2) is 24.3 Å². The highest BCUT2D eigenvalue weighted by Crippen LogP contribution is 2.30. The van der Waals surface area contributed by atoms with Crippen LogP contribution in [0.25, 0.3) is 0 Å². The van der Waals surface area contributed by atoms with Gasteiger partial charge in [-0.15, -0.1) is 0 Å². The molecule has 0 radical (unpaired) electrons. The van der Waals surface area contributed by atoms with Crippen LogP contribution in [0.2, 0.25) is 0 Å². The highest BCUT2D eigenvalue weighted by Gasteiger charge is 2.30. The Morgan fingerprint density at radius 2 is 2.20 bits per heavy atom. The molecule has 0 aromatic heterocycles. The van der Waals surface area contributed by atoms with Crippen molar-refractivity contribution in [2.45, 2.75) is 33.2 Å². The Bertz CT molecular complexity index is 475. The smallest absolute Gasteiger partial charge is 0.221 e. The van der Waals surface area contributed by atoms with E-state index in [4.69, 9.17) is 0 Å². The zero-order chi connectivity index (χ0) is 14.6. The van der Waals surface area contributed by atoms with Gasteiger partial charge in [0.15, 0.2) is 0 Å². The lowest BCUT2D eigenvalue weighted by Crippen LogP contribution is -2.43. The molecule has 1 atom stereocenters.